The molecule has 3 heterocycles. The number of aromatic amines is 1. The number of hydrogen-bond acceptors (Lipinski definition) is 4. The van der Waals surface area contributed by atoms with Gasteiger partial charge in [0, 0.05) is 29.7 Å². The third-order valence-corrected chi connectivity index (χ3v) is 3.74. The molecule has 0 aliphatic carbocycles. The van der Waals surface area contributed by atoms with Gasteiger partial charge < -0.3 is 4.98 Å². The third kappa shape index (κ3) is 2.58. The Morgan fingerprint density at radius 2 is 2.00 bits per heavy atom. The van der Waals surface area contributed by atoms with E-state index in [1.807, 2.05) is 42.9 Å². The summed E-state index contributed by atoms with van der Waals surface area (Å²) in [6.45, 7) is 2.12. The Bertz CT molecular complexity index is 694. The molecule has 100 valence electrons. The minimum absolute atomic E-state index is 0.841. The molecule has 5 heteroatoms. The molecule has 0 amide bonds. The standard InChI is InChI=1S/C15H14N4S/c1-2-20-15-12(6-4-8-17-15)14-18-10-13(19-14)11-5-3-7-16-9-11/h3-10H,2H2,1H3,(H,18,19). The maximum Gasteiger partial charge on any atom is 0.140 e. The molecule has 0 fully saturated rings. The van der Waals surface area contributed by atoms with Crippen LogP contribution in [-0.2, 0) is 0 Å². The van der Waals surface area contributed by atoms with Crippen LogP contribution in [0.15, 0.2) is 54.1 Å². The molecule has 0 unspecified atom stereocenters. The van der Waals surface area contributed by atoms with E-state index in [9.17, 15) is 0 Å². The first-order valence-electron chi connectivity index (χ1n) is 6.42. The second-order valence-corrected chi connectivity index (χ2v) is 5.43. The maximum absolute atomic E-state index is 4.47. The van der Waals surface area contributed by atoms with Crippen LogP contribution >= 0.6 is 11.8 Å². The summed E-state index contributed by atoms with van der Waals surface area (Å²) >= 11 is 1.72. The molecule has 4 nitrogen and oxygen atoms in total. The summed E-state index contributed by atoms with van der Waals surface area (Å²) in [7, 11) is 0. The molecule has 20 heavy (non-hydrogen) atoms. The number of hydrogen-bond donors (Lipinski definition) is 1. The highest BCUT2D eigenvalue weighted by molar-refractivity contribution is 7.99. The number of nitrogens with zero attached hydrogens (tertiary/aromatic N) is 3. The van der Waals surface area contributed by atoms with Gasteiger partial charge in [-0.1, -0.05) is 6.92 Å². The molecular weight excluding hydrogens is 268 g/mol. The van der Waals surface area contributed by atoms with Gasteiger partial charge in [0.2, 0.25) is 0 Å². The van der Waals surface area contributed by atoms with Gasteiger partial charge in [-0.15, -0.1) is 11.8 Å². The Balaban J connectivity index is 1.98. The van der Waals surface area contributed by atoms with Crippen molar-refractivity contribution in [2.75, 3.05) is 5.75 Å². The summed E-state index contributed by atoms with van der Waals surface area (Å²) in [5.74, 6) is 1.83. The lowest BCUT2D eigenvalue weighted by Gasteiger charge is -2.04. The van der Waals surface area contributed by atoms with E-state index in [4.69, 9.17) is 0 Å². The molecule has 0 saturated carbocycles. The number of thioether (sulfide) groups is 1. The molecule has 0 atom stereocenters. The van der Waals surface area contributed by atoms with Crippen molar-refractivity contribution in [1.82, 2.24) is 19.9 Å². The average molecular weight is 282 g/mol. The van der Waals surface area contributed by atoms with Crippen molar-refractivity contribution in [2.45, 2.75) is 11.9 Å². The molecule has 3 aromatic rings. The van der Waals surface area contributed by atoms with E-state index in [1.165, 1.54) is 0 Å². The van der Waals surface area contributed by atoms with Gasteiger partial charge in [0.05, 0.1) is 11.9 Å². The Kier molecular flexibility index (Phi) is 3.78. The number of nitrogens with one attached hydrogen (secondary N) is 1. The van der Waals surface area contributed by atoms with Crippen LogP contribution in [-0.4, -0.2) is 25.7 Å². The molecule has 1 N–H and O–H groups in total. The SMILES string of the molecule is CCSc1ncccc1-c1ncc(-c2cccnc2)[nH]1. The summed E-state index contributed by atoms with van der Waals surface area (Å²) in [4.78, 5) is 16.4. The highest BCUT2D eigenvalue weighted by Crippen LogP contribution is 2.28. The van der Waals surface area contributed by atoms with Gasteiger partial charge in [0.25, 0.3) is 0 Å². The summed E-state index contributed by atoms with van der Waals surface area (Å²) in [6, 6.07) is 7.89. The third-order valence-electron chi connectivity index (χ3n) is 2.86. The summed E-state index contributed by atoms with van der Waals surface area (Å²) in [5.41, 5.74) is 3.03. The summed E-state index contributed by atoms with van der Waals surface area (Å²) in [6.07, 6.45) is 7.23. The number of rotatable bonds is 4. The topological polar surface area (TPSA) is 54.5 Å². The van der Waals surface area contributed by atoms with E-state index >= 15 is 0 Å². The first-order chi connectivity index (χ1) is 9.88. The van der Waals surface area contributed by atoms with E-state index in [1.54, 1.807) is 18.0 Å². The van der Waals surface area contributed by atoms with Crippen molar-refractivity contribution in [1.29, 1.82) is 0 Å². The van der Waals surface area contributed by atoms with Crippen LogP contribution in [0.3, 0.4) is 0 Å². The highest BCUT2D eigenvalue weighted by atomic mass is 32.2. The largest absolute Gasteiger partial charge is 0.338 e. The Labute approximate surface area is 121 Å². The normalized spacial score (nSPS) is 10.7. The smallest absolute Gasteiger partial charge is 0.140 e. The quantitative estimate of drug-likeness (QED) is 0.742. The van der Waals surface area contributed by atoms with Gasteiger partial charge in [-0.3, -0.25) is 4.98 Å². The van der Waals surface area contributed by atoms with Crippen LogP contribution in [0.5, 0.6) is 0 Å². The van der Waals surface area contributed by atoms with E-state index in [0.29, 0.717) is 0 Å². The fraction of sp³-hybridized carbons (Fsp3) is 0.133. The lowest BCUT2D eigenvalue weighted by molar-refractivity contribution is 1.11. The molecule has 0 aromatic carbocycles. The fourth-order valence-electron chi connectivity index (χ4n) is 1.95. The molecule has 3 aromatic heterocycles. The average Bonchev–Trinajstić information content (AvgIpc) is 2.99. The Morgan fingerprint density at radius 1 is 1.10 bits per heavy atom. The number of imidazole rings is 1. The second kappa shape index (κ2) is 5.88. The van der Waals surface area contributed by atoms with E-state index < -0.39 is 0 Å². The van der Waals surface area contributed by atoms with Crippen LogP contribution in [0.25, 0.3) is 22.6 Å². The lowest BCUT2D eigenvalue weighted by Crippen LogP contribution is -1.88. The lowest BCUT2D eigenvalue weighted by atomic mass is 10.2. The molecule has 0 aliphatic rings. The highest BCUT2D eigenvalue weighted by Gasteiger charge is 2.10. The second-order valence-electron chi connectivity index (χ2n) is 4.18. The first kappa shape index (κ1) is 12.9. The zero-order valence-electron chi connectivity index (χ0n) is 11.1. The number of aromatic nitrogens is 4. The predicted octanol–water partition coefficient (Wildman–Crippen LogP) is 3.65. The van der Waals surface area contributed by atoms with Crippen molar-refractivity contribution in [3.63, 3.8) is 0 Å². The summed E-state index contributed by atoms with van der Waals surface area (Å²) < 4.78 is 0. The maximum atomic E-state index is 4.47. The number of H-pyrrole nitrogens is 1. The minimum atomic E-state index is 0.841. The molecule has 0 aliphatic heterocycles. The van der Waals surface area contributed by atoms with Crippen molar-refractivity contribution in [3.05, 3.63) is 49.1 Å². The molecule has 3 rings (SSSR count). The van der Waals surface area contributed by atoms with Crippen LogP contribution in [0.4, 0.5) is 0 Å². The van der Waals surface area contributed by atoms with E-state index in [0.717, 1.165) is 33.4 Å². The minimum Gasteiger partial charge on any atom is -0.338 e. The molecule has 0 bridgehead atoms. The van der Waals surface area contributed by atoms with Crippen molar-refractivity contribution >= 4 is 11.8 Å². The van der Waals surface area contributed by atoms with Crippen molar-refractivity contribution in [2.24, 2.45) is 0 Å². The van der Waals surface area contributed by atoms with Crippen molar-refractivity contribution < 1.29 is 0 Å². The summed E-state index contributed by atoms with van der Waals surface area (Å²) in [5, 5.41) is 1.00. The van der Waals surface area contributed by atoms with Gasteiger partial charge >= 0.3 is 0 Å². The van der Waals surface area contributed by atoms with Gasteiger partial charge in [0.1, 0.15) is 10.9 Å². The van der Waals surface area contributed by atoms with Gasteiger partial charge in [-0.2, -0.15) is 0 Å². The van der Waals surface area contributed by atoms with Crippen LogP contribution in [0.2, 0.25) is 0 Å². The zero-order valence-corrected chi connectivity index (χ0v) is 11.9. The van der Waals surface area contributed by atoms with Crippen LogP contribution < -0.4 is 0 Å². The van der Waals surface area contributed by atoms with Crippen LogP contribution in [0.1, 0.15) is 6.92 Å². The van der Waals surface area contributed by atoms with Crippen molar-refractivity contribution in [3.8, 4) is 22.6 Å². The first-order valence-corrected chi connectivity index (χ1v) is 7.40. The van der Waals surface area contributed by atoms with Gasteiger partial charge in [0.15, 0.2) is 0 Å². The van der Waals surface area contributed by atoms with Crippen LogP contribution in [0, 0.1) is 0 Å². The van der Waals surface area contributed by atoms with E-state index in [-0.39, 0.29) is 0 Å². The molecule has 0 spiro atoms. The Morgan fingerprint density at radius 3 is 2.80 bits per heavy atom. The Hall–Kier alpha value is -2.14. The molecule has 0 saturated heterocycles. The molecular formula is C15H14N4S. The predicted molar refractivity (Wildman–Crippen MR) is 81.4 cm³/mol. The van der Waals surface area contributed by atoms with Gasteiger partial charge in [-0.25, -0.2) is 9.97 Å². The van der Waals surface area contributed by atoms with Gasteiger partial charge in [-0.05, 0) is 30.0 Å². The monoisotopic (exact) mass is 282 g/mol. The fourth-order valence-corrected chi connectivity index (χ4v) is 2.68. The zero-order chi connectivity index (χ0) is 13.8. The van der Waals surface area contributed by atoms with E-state index in [2.05, 4.69) is 26.9 Å². The number of pyridine rings is 2. The molecule has 0 radical (unpaired) electrons.